The predicted molar refractivity (Wildman–Crippen MR) is 112 cm³/mol. The van der Waals surface area contributed by atoms with E-state index in [-0.39, 0.29) is 12.1 Å². The molecule has 0 aromatic carbocycles. The standard InChI is InChI=1S/C21H25N7O2/c1-16-15-27(9-10-30-16)19-4-3-18(13-23-19)14-25-21(29)24-12-17-5-7-22-20(11-17)28-8-2-6-26-28/h2-8,11,13,16H,9-10,12,14-15H2,1H3,(H2,24,25,29). The van der Waals surface area contributed by atoms with Crippen molar-refractivity contribution in [2.24, 2.45) is 0 Å². The molecule has 0 bridgehead atoms. The number of nitrogens with one attached hydrogen (secondary N) is 2. The van der Waals surface area contributed by atoms with Gasteiger partial charge in [-0.15, -0.1) is 0 Å². The Morgan fingerprint density at radius 3 is 2.73 bits per heavy atom. The van der Waals surface area contributed by atoms with E-state index >= 15 is 0 Å². The summed E-state index contributed by atoms with van der Waals surface area (Å²) in [5, 5.41) is 9.88. The number of carbonyl (C=O) groups excluding carboxylic acids is 1. The number of aromatic nitrogens is 4. The van der Waals surface area contributed by atoms with Gasteiger partial charge in [0.1, 0.15) is 5.82 Å². The van der Waals surface area contributed by atoms with E-state index in [1.54, 1.807) is 23.3 Å². The number of anilines is 1. The van der Waals surface area contributed by atoms with Crippen LogP contribution in [0.4, 0.5) is 10.6 Å². The molecule has 156 valence electrons. The molecule has 2 amide bonds. The molecule has 0 spiro atoms. The van der Waals surface area contributed by atoms with Gasteiger partial charge < -0.3 is 20.3 Å². The van der Waals surface area contributed by atoms with E-state index in [1.165, 1.54) is 0 Å². The normalized spacial score (nSPS) is 16.3. The Balaban J connectivity index is 1.24. The summed E-state index contributed by atoms with van der Waals surface area (Å²) in [6.45, 7) is 5.27. The number of pyridine rings is 2. The molecule has 3 aromatic rings. The highest BCUT2D eigenvalue weighted by atomic mass is 16.5. The second-order valence-corrected chi connectivity index (χ2v) is 7.16. The number of hydrogen-bond donors (Lipinski definition) is 2. The number of carbonyl (C=O) groups is 1. The lowest BCUT2D eigenvalue weighted by atomic mass is 10.2. The molecule has 0 saturated carbocycles. The maximum Gasteiger partial charge on any atom is 0.315 e. The number of hydrogen-bond acceptors (Lipinski definition) is 6. The largest absolute Gasteiger partial charge is 0.375 e. The fourth-order valence-corrected chi connectivity index (χ4v) is 3.26. The molecule has 0 aliphatic carbocycles. The minimum absolute atomic E-state index is 0.210. The summed E-state index contributed by atoms with van der Waals surface area (Å²) in [6, 6.07) is 9.33. The number of urea groups is 1. The van der Waals surface area contributed by atoms with Crippen LogP contribution in [0.15, 0.2) is 55.1 Å². The van der Waals surface area contributed by atoms with Gasteiger partial charge in [-0.3, -0.25) is 0 Å². The Morgan fingerprint density at radius 2 is 2.00 bits per heavy atom. The van der Waals surface area contributed by atoms with Gasteiger partial charge in [-0.05, 0) is 42.3 Å². The molecule has 30 heavy (non-hydrogen) atoms. The maximum atomic E-state index is 12.2. The molecule has 4 rings (SSSR count). The van der Waals surface area contributed by atoms with E-state index in [0.29, 0.717) is 25.5 Å². The van der Waals surface area contributed by atoms with Crippen LogP contribution >= 0.6 is 0 Å². The van der Waals surface area contributed by atoms with Crippen molar-refractivity contribution in [3.05, 3.63) is 66.2 Å². The maximum absolute atomic E-state index is 12.2. The number of rotatable bonds is 6. The summed E-state index contributed by atoms with van der Waals surface area (Å²) < 4.78 is 7.25. The predicted octanol–water partition coefficient (Wildman–Crippen LogP) is 1.89. The molecule has 1 aliphatic rings. The summed E-state index contributed by atoms with van der Waals surface area (Å²) in [7, 11) is 0. The van der Waals surface area contributed by atoms with Crippen LogP contribution in [0.25, 0.3) is 5.82 Å². The summed E-state index contributed by atoms with van der Waals surface area (Å²) in [5.41, 5.74) is 1.89. The zero-order valence-electron chi connectivity index (χ0n) is 16.9. The third-order valence-electron chi connectivity index (χ3n) is 4.83. The van der Waals surface area contributed by atoms with Gasteiger partial charge in [0.15, 0.2) is 5.82 Å². The molecule has 0 radical (unpaired) electrons. The van der Waals surface area contributed by atoms with Crippen molar-refractivity contribution in [3.8, 4) is 5.82 Å². The van der Waals surface area contributed by atoms with Gasteiger partial charge >= 0.3 is 6.03 Å². The Kier molecular flexibility index (Phi) is 6.19. The lowest BCUT2D eigenvalue weighted by Crippen LogP contribution is -2.41. The number of nitrogens with zero attached hydrogens (tertiary/aromatic N) is 5. The lowest BCUT2D eigenvalue weighted by molar-refractivity contribution is 0.0529. The van der Waals surface area contributed by atoms with Crippen molar-refractivity contribution in [2.75, 3.05) is 24.6 Å². The lowest BCUT2D eigenvalue weighted by Gasteiger charge is -2.32. The Labute approximate surface area is 175 Å². The second kappa shape index (κ2) is 9.36. The van der Waals surface area contributed by atoms with Crippen LogP contribution in [-0.2, 0) is 17.8 Å². The van der Waals surface area contributed by atoms with E-state index in [0.717, 1.165) is 30.0 Å². The molecule has 1 aliphatic heterocycles. The van der Waals surface area contributed by atoms with Crippen molar-refractivity contribution in [2.45, 2.75) is 26.1 Å². The number of amides is 2. The highest BCUT2D eigenvalue weighted by Gasteiger charge is 2.17. The number of morpholine rings is 1. The van der Waals surface area contributed by atoms with Gasteiger partial charge in [0, 0.05) is 51.0 Å². The summed E-state index contributed by atoms with van der Waals surface area (Å²) >= 11 is 0. The summed E-state index contributed by atoms with van der Waals surface area (Å²) in [4.78, 5) is 23.2. The highest BCUT2D eigenvalue weighted by molar-refractivity contribution is 5.73. The molecule has 2 N–H and O–H groups in total. The fraction of sp³-hybridized carbons (Fsp3) is 0.333. The van der Waals surface area contributed by atoms with Gasteiger partial charge in [0.2, 0.25) is 0 Å². The van der Waals surface area contributed by atoms with Crippen molar-refractivity contribution in [1.82, 2.24) is 30.4 Å². The van der Waals surface area contributed by atoms with Gasteiger partial charge in [0.25, 0.3) is 0 Å². The molecule has 9 nitrogen and oxygen atoms in total. The zero-order valence-corrected chi connectivity index (χ0v) is 16.9. The topological polar surface area (TPSA) is 97.2 Å². The molecule has 1 fully saturated rings. The Hall–Kier alpha value is -3.46. The van der Waals surface area contributed by atoms with Crippen LogP contribution in [0, 0.1) is 0 Å². The van der Waals surface area contributed by atoms with Crippen LogP contribution in [0.2, 0.25) is 0 Å². The third-order valence-corrected chi connectivity index (χ3v) is 4.83. The molecule has 3 aromatic heterocycles. The van der Waals surface area contributed by atoms with Crippen LogP contribution in [0.1, 0.15) is 18.1 Å². The van der Waals surface area contributed by atoms with Gasteiger partial charge in [0.05, 0.1) is 12.7 Å². The first-order valence-corrected chi connectivity index (χ1v) is 9.95. The van der Waals surface area contributed by atoms with Crippen molar-refractivity contribution >= 4 is 11.8 Å². The first kappa shape index (κ1) is 19.8. The van der Waals surface area contributed by atoms with Crippen LogP contribution < -0.4 is 15.5 Å². The van der Waals surface area contributed by atoms with Crippen LogP contribution in [0.3, 0.4) is 0 Å². The first-order chi connectivity index (χ1) is 14.7. The average molecular weight is 407 g/mol. The van der Waals surface area contributed by atoms with Crippen LogP contribution in [0.5, 0.6) is 0 Å². The molecule has 1 atom stereocenters. The van der Waals surface area contributed by atoms with Crippen molar-refractivity contribution in [1.29, 1.82) is 0 Å². The monoisotopic (exact) mass is 407 g/mol. The SMILES string of the molecule is CC1CN(c2ccc(CNC(=O)NCc3ccnc(-n4cccn4)c3)cn2)CCO1. The molecule has 9 heteroatoms. The molecular weight excluding hydrogens is 382 g/mol. The number of ether oxygens (including phenoxy) is 1. The fourth-order valence-electron chi connectivity index (χ4n) is 3.26. The Bertz CT molecular complexity index is 960. The molecule has 4 heterocycles. The van der Waals surface area contributed by atoms with Crippen LogP contribution in [-0.4, -0.2) is 51.6 Å². The molecular formula is C21H25N7O2. The summed E-state index contributed by atoms with van der Waals surface area (Å²) in [6.07, 6.45) is 7.24. The Morgan fingerprint density at radius 1 is 1.13 bits per heavy atom. The van der Waals surface area contributed by atoms with E-state index in [4.69, 9.17) is 4.74 Å². The zero-order chi connectivity index (χ0) is 20.8. The van der Waals surface area contributed by atoms with E-state index < -0.39 is 0 Å². The quantitative estimate of drug-likeness (QED) is 0.648. The third kappa shape index (κ3) is 5.12. The minimum atomic E-state index is -0.237. The van der Waals surface area contributed by atoms with E-state index in [1.807, 2.05) is 36.5 Å². The summed E-state index contributed by atoms with van der Waals surface area (Å²) in [5.74, 6) is 1.64. The first-order valence-electron chi connectivity index (χ1n) is 9.95. The van der Waals surface area contributed by atoms with E-state index in [9.17, 15) is 4.79 Å². The average Bonchev–Trinajstić information content (AvgIpc) is 3.32. The van der Waals surface area contributed by atoms with Gasteiger partial charge in [-0.25, -0.2) is 19.4 Å². The van der Waals surface area contributed by atoms with E-state index in [2.05, 4.69) is 37.5 Å². The molecule has 1 unspecified atom stereocenters. The highest BCUT2D eigenvalue weighted by Crippen LogP contribution is 2.15. The van der Waals surface area contributed by atoms with Gasteiger partial charge in [-0.1, -0.05) is 6.07 Å². The second-order valence-electron chi connectivity index (χ2n) is 7.16. The van der Waals surface area contributed by atoms with Gasteiger partial charge in [-0.2, -0.15) is 5.10 Å². The minimum Gasteiger partial charge on any atom is -0.375 e. The van der Waals surface area contributed by atoms with Crippen molar-refractivity contribution < 1.29 is 9.53 Å². The van der Waals surface area contributed by atoms with Crippen molar-refractivity contribution in [3.63, 3.8) is 0 Å². The molecule has 1 saturated heterocycles. The smallest absolute Gasteiger partial charge is 0.315 e.